The summed E-state index contributed by atoms with van der Waals surface area (Å²) in [5.74, 6) is -1.92. The van der Waals surface area contributed by atoms with Crippen LogP contribution in [0.5, 0.6) is 0 Å². The van der Waals surface area contributed by atoms with Crippen LogP contribution in [0, 0.1) is 0 Å². The molecule has 0 spiro atoms. The minimum atomic E-state index is -1.01. The Hall–Kier alpha value is -3.69. The lowest BCUT2D eigenvalue weighted by molar-refractivity contribution is -0.159. The van der Waals surface area contributed by atoms with Gasteiger partial charge in [0.1, 0.15) is 23.3 Å². The molecule has 0 aromatic heterocycles. The van der Waals surface area contributed by atoms with Crippen molar-refractivity contribution in [2.24, 2.45) is 0 Å². The van der Waals surface area contributed by atoms with Crippen molar-refractivity contribution >= 4 is 29.8 Å². The topological polar surface area (TPSA) is 131 Å². The summed E-state index contributed by atoms with van der Waals surface area (Å²) in [6.07, 6.45) is 2.96. The third kappa shape index (κ3) is 10.7. The van der Waals surface area contributed by atoms with Gasteiger partial charge in [0.2, 0.25) is 5.91 Å². The number of esters is 1. The standard InChI is InChI=1S/C28H39N3O7/c1-27(2,3)37-25(35)20(14-10-11-17-31-22(32)15-16-23(31)33)29-24(34)21(18-19-12-8-7-9-13-19)30-26(36)38-28(4,5)6/h7-9,12-13,15-16,20-21H,10-11,14,17-18H2,1-6H3,(H,29,34)(H,30,36)/t20-,21-/m0/s1. The summed E-state index contributed by atoms with van der Waals surface area (Å²) in [6.45, 7) is 10.5. The van der Waals surface area contributed by atoms with Gasteiger partial charge < -0.3 is 20.1 Å². The summed E-state index contributed by atoms with van der Waals surface area (Å²) in [4.78, 5) is 63.5. The van der Waals surface area contributed by atoms with Crippen LogP contribution in [0.15, 0.2) is 42.5 Å². The van der Waals surface area contributed by atoms with Crippen molar-refractivity contribution in [3.05, 3.63) is 48.0 Å². The molecule has 2 atom stereocenters. The Morgan fingerprint density at radius 2 is 1.39 bits per heavy atom. The Morgan fingerprint density at radius 3 is 1.95 bits per heavy atom. The zero-order valence-corrected chi connectivity index (χ0v) is 23.0. The minimum Gasteiger partial charge on any atom is -0.458 e. The summed E-state index contributed by atoms with van der Waals surface area (Å²) >= 11 is 0. The van der Waals surface area contributed by atoms with Gasteiger partial charge in [-0.2, -0.15) is 0 Å². The number of carbonyl (C=O) groups is 5. The number of amides is 4. The molecule has 2 rings (SSSR count). The number of hydrogen-bond donors (Lipinski definition) is 2. The molecule has 1 heterocycles. The predicted octanol–water partition coefficient (Wildman–Crippen LogP) is 3.04. The molecule has 1 aromatic carbocycles. The fourth-order valence-corrected chi connectivity index (χ4v) is 3.67. The lowest BCUT2D eigenvalue weighted by Crippen LogP contribution is -2.54. The van der Waals surface area contributed by atoms with E-state index < -0.39 is 41.3 Å². The third-order valence-corrected chi connectivity index (χ3v) is 5.32. The van der Waals surface area contributed by atoms with Crippen molar-refractivity contribution in [2.45, 2.75) is 90.5 Å². The van der Waals surface area contributed by atoms with Crippen LogP contribution in [-0.4, -0.2) is 64.5 Å². The van der Waals surface area contributed by atoms with Crippen LogP contribution < -0.4 is 10.6 Å². The fourth-order valence-electron chi connectivity index (χ4n) is 3.67. The number of nitrogens with one attached hydrogen (secondary N) is 2. The molecule has 2 N–H and O–H groups in total. The number of carbonyl (C=O) groups excluding carboxylic acids is 5. The van der Waals surface area contributed by atoms with Crippen molar-refractivity contribution in [2.75, 3.05) is 6.54 Å². The maximum atomic E-state index is 13.4. The molecular formula is C28H39N3O7. The van der Waals surface area contributed by atoms with Crippen molar-refractivity contribution in [1.29, 1.82) is 0 Å². The molecule has 0 bridgehead atoms. The molecule has 0 radical (unpaired) electrons. The quantitative estimate of drug-likeness (QED) is 0.256. The van der Waals surface area contributed by atoms with Gasteiger partial charge >= 0.3 is 12.1 Å². The number of rotatable bonds is 11. The first-order valence-corrected chi connectivity index (χ1v) is 12.7. The first-order chi connectivity index (χ1) is 17.6. The van der Waals surface area contributed by atoms with Gasteiger partial charge in [-0.15, -0.1) is 0 Å². The van der Waals surface area contributed by atoms with E-state index in [9.17, 15) is 24.0 Å². The van der Waals surface area contributed by atoms with E-state index in [2.05, 4.69) is 10.6 Å². The van der Waals surface area contributed by atoms with E-state index in [1.807, 2.05) is 30.3 Å². The molecule has 0 fully saturated rings. The minimum absolute atomic E-state index is 0.180. The van der Waals surface area contributed by atoms with Gasteiger partial charge in [-0.1, -0.05) is 30.3 Å². The predicted molar refractivity (Wildman–Crippen MR) is 141 cm³/mol. The van der Waals surface area contributed by atoms with Crippen LogP contribution in [0.3, 0.4) is 0 Å². The summed E-state index contributed by atoms with van der Waals surface area (Å²) in [5.41, 5.74) is -0.728. The first-order valence-electron chi connectivity index (χ1n) is 12.7. The molecule has 208 valence electrons. The molecule has 10 heteroatoms. The average molecular weight is 530 g/mol. The lowest BCUT2D eigenvalue weighted by Gasteiger charge is -2.27. The zero-order chi connectivity index (χ0) is 28.5. The van der Waals surface area contributed by atoms with Crippen LogP contribution in [0.4, 0.5) is 4.79 Å². The molecule has 0 unspecified atom stereocenters. The molecule has 1 aromatic rings. The summed E-state index contributed by atoms with van der Waals surface area (Å²) in [5, 5.41) is 5.34. The van der Waals surface area contributed by atoms with Gasteiger partial charge in [0.15, 0.2) is 0 Å². The van der Waals surface area contributed by atoms with Gasteiger partial charge in [0.25, 0.3) is 11.8 Å². The largest absolute Gasteiger partial charge is 0.458 e. The average Bonchev–Trinajstić information content (AvgIpc) is 3.10. The molecule has 10 nitrogen and oxygen atoms in total. The maximum absolute atomic E-state index is 13.4. The molecular weight excluding hydrogens is 490 g/mol. The number of imide groups is 1. The second-order valence-corrected chi connectivity index (χ2v) is 11.1. The second-order valence-electron chi connectivity index (χ2n) is 11.1. The Morgan fingerprint density at radius 1 is 0.816 bits per heavy atom. The van der Waals surface area contributed by atoms with Crippen LogP contribution in [-0.2, 0) is 35.1 Å². The molecule has 0 saturated heterocycles. The number of alkyl carbamates (subject to hydrolysis) is 1. The van der Waals surface area contributed by atoms with Crippen LogP contribution in [0.1, 0.15) is 66.4 Å². The zero-order valence-electron chi connectivity index (χ0n) is 23.0. The highest BCUT2D eigenvalue weighted by Gasteiger charge is 2.31. The van der Waals surface area contributed by atoms with E-state index in [1.165, 1.54) is 12.2 Å². The number of nitrogens with zero attached hydrogens (tertiary/aromatic N) is 1. The number of hydrogen-bond acceptors (Lipinski definition) is 7. The number of unbranched alkanes of at least 4 members (excludes halogenated alkanes) is 1. The van der Waals surface area contributed by atoms with Crippen molar-refractivity contribution in [3.8, 4) is 0 Å². The molecule has 0 aliphatic carbocycles. The highest BCUT2D eigenvalue weighted by Crippen LogP contribution is 2.14. The van der Waals surface area contributed by atoms with Crippen LogP contribution in [0.2, 0.25) is 0 Å². The van der Waals surface area contributed by atoms with Crippen LogP contribution in [0.25, 0.3) is 0 Å². The lowest BCUT2D eigenvalue weighted by atomic mass is 10.0. The van der Waals surface area contributed by atoms with Gasteiger partial charge in [-0.05, 0) is 66.4 Å². The number of ether oxygens (including phenoxy) is 2. The van der Waals surface area contributed by atoms with Crippen LogP contribution >= 0.6 is 0 Å². The van der Waals surface area contributed by atoms with E-state index >= 15 is 0 Å². The van der Waals surface area contributed by atoms with E-state index in [0.29, 0.717) is 12.8 Å². The number of benzene rings is 1. The van der Waals surface area contributed by atoms with Gasteiger partial charge in [0, 0.05) is 25.1 Å². The van der Waals surface area contributed by atoms with E-state index in [-0.39, 0.29) is 31.2 Å². The highest BCUT2D eigenvalue weighted by molar-refractivity contribution is 6.12. The molecule has 1 aliphatic heterocycles. The summed E-state index contributed by atoms with van der Waals surface area (Å²) in [6, 6.07) is 7.15. The monoisotopic (exact) mass is 529 g/mol. The van der Waals surface area contributed by atoms with E-state index in [1.54, 1.807) is 41.5 Å². The Bertz CT molecular complexity index is 1020. The van der Waals surface area contributed by atoms with Gasteiger partial charge in [0.05, 0.1) is 0 Å². The molecule has 4 amide bonds. The van der Waals surface area contributed by atoms with Gasteiger partial charge in [-0.25, -0.2) is 9.59 Å². The Kier molecular flexibility index (Phi) is 10.6. The van der Waals surface area contributed by atoms with Gasteiger partial charge in [-0.3, -0.25) is 19.3 Å². The van der Waals surface area contributed by atoms with Crippen molar-refractivity contribution < 1.29 is 33.4 Å². The third-order valence-electron chi connectivity index (χ3n) is 5.32. The Balaban J connectivity index is 2.12. The molecule has 1 aliphatic rings. The fraction of sp³-hybridized carbons (Fsp3) is 0.536. The summed E-state index contributed by atoms with van der Waals surface area (Å²) in [7, 11) is 0. The maximum Gasteiger partial charge on any atom is 0.408 e. The molecule has 38 heavy (non-hydrogen) atoms. The smallest absolute Gasteiger partial charge is 0.408 e. The Labute approximate surface area is 224 Å². The summed E-state index contributed by atoms with van der Waals surface area (Å²) < 4.78 is 10.8. The molecule has 0 saturated carbocycles. The SMILES string of the molecule is CC(C)(C)OC(=O)N[C@@H](Cc1ccccc1)C(=O)N[C@@H](CCCCN1C(=O)C=CC1=O)C(=O)OC(C)(C)C. The highest BCUT2D eigenvalue weighted by atomic mass is 16.6. The van der Waals surface area contributed by atoms with Crippen molar-refractivity contribution in [1.82, 2.24) is 15.5 Å². The van der Waals surface area contributed by atoms with E-state index in [0.717, 1.165) is 10.5 Å². The normalized spacial score (nSPS) is 15.2. The first kappa shape index (κ1) is 30.5. The van der Waals surface area contributed by atoms with E-state index in [4.69, 9.17) is 9.47 Å². The van der Waals surface area contributed by atoms with Crippen molar-refractivity contribution in [3.63, 3.8) is 0 Å². The second kappa shape index (κ2) is 13.2.